The zero-order valence-corrected chi connectivity index (χ0v) is 11.7. The molecule has 0 amide bonds. The van der Waals surface area contributed by atoms with Gasteiger partial charge in [0, 0.05) is 4.47 Å². The molecule has 0 aliphatic rings. The molecule has 0 spiro atoms. The summed E-state index contributed by atoms with van der Waals surface area (Å²) < 4.78 is 6.93. The lowest BCUT2D eigenvalue weighted by Crippen LogP contribution is -1.98. The van der Waals surface area contributed by atoms with E-state index in [0.29, 0.717) is 16.2 Å². The number of hydrogen-bond acceptors (Lipinski definition) is 3. The Morgan fingerprint density at radius 2 is 2.20 bits per heavy atom. The predicted molar refractivity (Wildman–Crippen MR) is 66.6 cm³/mol. The molecule has 2 rings (SSSR count). The molecule has 0 aliphatic heterocycles. The van der Waals surface area contributed by atoms with Crippen LogP contribution in [0.25, 0.3) is 0 Å². The molecule has 2 nitrogen and oxygen atoms in total. The van der Waals surface area contributed by atoms with Gasteiger partial charge < -0.3 is 4.42 Å². The molecule has 2 aromatic heterocycles. The van der Waals surface area contributed by atoms with Gasteiger partial charge in [-0.25, -0.2) is 0 Å². The molecular formula is C10H6Br2O2S. The lowest BCUT2D eigenvalue weighted by molar-refractivity contribution is 0.104. The van der Waals surface area contributed by atoms with E-state index in [1.165, 1.54) is 17.6 Å². The monoisotopic (exact) mass is 348 g/mol. The topological polar surface area (TPSA) is 30.2 Å². The van der Waals surface area contributed by atoms with Crippen LogP contribution in [0.4, 0.5) is 0 Å². The number of furan rings is 1. The summed E-state index contributed by atoms with van der Waals surface area (Å²) in [5, 5.41) is 0. The number of rotatable bonds is 2. The Bertz CT molecular complexity index is 494. The maximum Gasteiger partial charge on any atom is 0.206 e. The quantitative estimate of drug-likeness (QED) is 0.752. The van der Waals surface area contributed by atoms with Crippen molar-refractivity contribution in [1.82, 2.24) is 0 Å². The molecule has 2 heterocycles. The van der Waals surface area contributed by atoms with E-state index in [1.54, 1.807) is 13.0 Å². The van der Waals surface area contributed by atoms with Crippen LogP contribution in [0.5, 0.6) is 0 Å². The minimum Gasteiger partial charge on any atom is -0.469 e. The molecular weight excluding hydrogens is 344 g/mol. The van der Waals surface area contributed by atoms with E-state index >= 15 is 0 Å². The number of hydrogen-bond donors (Lipinski definition) is 0. The van der Waals surface area contributed by atoms with Crippen LogP contribution in [0, 0.1) is 6.92 Å². The summed E-state index contributed by atoms with van der Waals surface area (Å²) in [5.41, 5.74) is 0.622. The van der Waals surface area contributed by atoms with Gasteiger partial charge in [0.05, 0.1) is 20.5 Å². The molecule has 0 radical (unpaired) electrons. The highest BCUT2D eigenvalue weighted by molar-refractivity contribution is 9.13. The molecule has 2 aromatic rings. The molecule has 0 saturated carbocycles. The third-order valence-corrected chi connectivity index (χ3v) is 5.23. The van der Waals surface area contributed by atoms with Crippen molar-refractivity contribution in [3.63, 3.8) is 0 Å². The van der Waals surface area contributed by atoms with E-state index in [4.69, 9.17) is 4.42 Å². The highest BCUT2D eigenvalue weighted by Crippen LogP contribution is 2.33. The largest absolute Gasteiger partial charge is 0.469 e. The zero-order valence-electron chi connectivity index (χ0n) is 7.71. The smallest absolute Gasteiger partial charge is 0.206 e. The SMILES string of the molecule is Cc1occc1C(=O)c1cc(Br)c(Br)s1. The Kier molecular flexibility index (Phi) is 3.13. The molecule has 5 heteroatoms. The van der Waals surface area contributed by atoms with Crippen molar-refractivity contribution >= 4 is 49.0 Å². The molecule has 0 unspecified atom stereocenters. The van der Waals surface area contributed by atoms with Gasteiger partial charge in [-0.15, -0.1) is 11.3 Å². The van der Waals surface area contributed by atoms with E-state index in [1.807, 2.05) is 6.07 Å². The average molecular weight is 350 g/mol. The summed E-state index contributed by atoms with van der Waals surface area (Å²) in [6, 6.07) is 3.50. The van der Waals surface area contributed by atoms with Crippen LogP contribution >= 0.6 is 43.2 Å². The van der Waals surface area contributed by atoms with Gasteiger partial charge in [0.25, 0.3) is 0 Å². The molecule has 0 aromatic carbocycles. The summed E-state index contributed by atoms with van der Waals surface area (Å²) in [6.45, 7) is 1.78. The third-order valence-electron chi connectivity index (χ3n) is 1.97. The lowest BCUT2D eigenvalue weighted by Gasteiger charge is -1.93. The van der Waals surface area contributed by atoms with Gasteiger partial charge in [0.15, 0.2) is 0 Å². The van der Waals surface area contributed by atoms with Gasteiger partial charge in [-0.1, -0.05) is 0 Å². The second-order valence-corrected chi connectivity index (χ2v) is 6.18. The molecule has 0 atom stereocenters. The van der Waals surface area contributed by atoms with Crippen molar-refractivity contribution in [1.29, 1.82) is 0 Å². The second-order valence-electron chi connectivity index (χ2n) is 2.95. The van der Waals surface area contributed by atoms with Crippen LogP contribution in [-0.2, 0) is 0 Å². The normalized spacial score (nSPS) is 10.6. The first-order valence-electron chi connectivity index (χ1n) is 4.13. The van der Waals surface area contributed by atoms with Gasteiger partial charge in [-0.3, -0.25) is 4.79 Å². The summed E-state index contributed by atoms with van der Waals surface area (Å²) in [5.74, 6) is 0.651. The van der Waals surface area contributed by atoms with E-state index in [-0.39, 0.29) is 5.78 Å². The molecule has 0 fully saturated rings. The lowest BCUT2D eigenvalue weighted by atomic mass is 10.1. The second kappa shape index (κ2) is 4.23. The Balaban J connectivity index is 2.41. The molecule has 0 aliphatic carbocycles. The third kappa shape index (κ3) is 2.09. The molecule has 78 valence electrons. The van der Waals surface area contributed by atoms with Crippen molar-refractivity contribution in [3.8, 4) is 0 Å². The van der Waals surface area contributed by atoms with Crippen molar-refractivity contribution in [2.75, 3.05) is 0 Å². The number of carbonyl (C=O) groups excluding carboxylic acids is 1. The van der Waals surface area contributed by atoms with Crippen molar-refractivity contribution in [2.24, 2.45) is 0 Å². The summed E-state index contributed by atoms with van der Waals surface area (Å²) >= 11 is 8.12. The maximum absolute atomic E-state index is 12.0. The summed E-state index contributed by atoms with van der Waals surface area (Å²) in [4.78, 5) is 12.7. The van der Waals surface area contributed by atoms with E-state index in [9.17, 15) is 4.79 Å². The zero-order chi connectivity index (χ0) is 11.0. The van der Waals surface area contributed by atoms with Crippen LogP contribution in [0.2, 0.25) is 0 Å². The first-order chi connectivity index (χ1) is 7.09. The molecule has 15 heavy (non-hydrogen) atoms. The highest BCUT2D eigenvalue weighted by atomic mass is 79.9. The first-order valence-corrected chi connectivity index (χ1v) is 6.53. The van der Waals surface area contributed by atoms with Crippen molar-refractivity contribution in [3.05, 3.63) is 42.9 Å². The Hall–Kier alpha value is -0.390. The Morgan fingerprint density at radius 3 is 2.67 bits per heavy atom. The van der Waals surface area contributed by atoms with Gasteiger partial charge in [-0.05, 0) is 50.9 Å². The van der Waals surface area contributed by atoms with Gasteiger partial charge in [0.2, 0.25) is 5.78 Å². The average Bonchev–Trinajstić information content (AvgIpc) is 2.74. The fourth-order valence-electron chi connectivity index (χ4n) is 1.21. The first kappa shape index (κ1) is 11.1. The van der Waals surface area contributed by atoms with Crippen LogP contribution in [0.3, 0.4) is 0 Å². The Morgan fingerprint density at radius 1 is 1.47 bits per heavy atom. The number of thiophene rings is 1. The minimum absolute atomic E-state index is 0.00218. The van der Waals surface area contributed by atoms with Crippen LogP contribution in [0.15, 0.2) is 31.1 Å². The van der Waals surface area contributed by atoms with Gasteiger partial charge in [0.1, 0.15) is 5.76 Å². The van der Waals surface area contributed by atoms with Gasteiger partial charge >= 0.3 is 0 Å². The minimum atomic E-state index is -0.00218. The molecule has 0 bridgehead atoms. The standard InChI is InChI=1S/C10H6Br2O2S/c1-5-6(2-3-14-5)9(13)8-4-7(11)10(12)15-8/h2-4H,1H3. The van der Waals surface area contributed by atoms with E-state index in [2.05, 4.69) is 31.9 Å². The Labute approximate surface area is 108 Å². The summed E-state index contributed by atoms with van der Waals surface area (Å²) in [7, 11) is 0. The van der Waals surface area contributed by atoms with Crippen molar-refractivity contribution < 1.29 is 9.21 Å². The maximum atomic E-state index is 12.0. The van der Waals surface area contributed by atoms with Crippen LogP contribution < -0.4 is 0 Å². The van der Waals surface area contributed by atoms with Crippen LogP contribution in [0.1, 0.15) is 21.0 Å². The number of carbonyl (C=O) groups is 1. The number of aryl methyl sites for hydroxylation is 1. The van der Waals surface area contributed by atoms with Gasteiger partial charge in [-0.2, -0.15) is 0 Å². The van der Waals surface area contributed by atoms with Crippen molar-refractivity contribution in [2.45, 2.75) is 6.92 Å². The predicted octanol–water partition coefficient (Wildman–Crippen LogP) is 4.41. The summed E-state index contributed by atoms with van der Waals surface area (Å²) in [6.07, 6.45) is 1.53. The fourth-order valence-corrected chi connectivity index (χ4v) is 3.20. The highest BCUT2D eigenvalue weighted by Gasteiger charge is 2.17. The molecule has 0 saturated heterocycles. The van der Waals surface area contributed by atoms with E-state index in [0.717, 1.165) is 8.26 Å². The molecule has 0 N–H and O–H groups in total. The number of ketones is 1. The van der Waals surface area contributed by atoms with E-state index < -0.39 is 0 Å². The fraction of sp³-hybridized carbons (Fsp3) is 0.100. The number of halogens is 2. The van der Waals surface area contributed by atoms with Crippen LogP contribution in [-0.4, -0.2) is 5.78 Å².